The summed E-state index contributed by atoms with van der Waals surface area (Å²) in [4.78, 5) is 0.0206. The van der Waals surface area contributed by atoms with Gasteiger partial charge in [0.25, 0.3) is 0 Å². The maximum atomic E-state index is 13.5. The molecule has 0 atom stereocenters. The monoisotopic (exact) mass is 373 g/mol. The predicted octanol–water partition coefficient (Wildman–Crippen LogP) is 2.78. The number of benzene rings is 2. The molecule has 7 heteroatoms. The van der Waals surface area contributed by atoms with Crippen LogP contribution in [0.2, 0.25) is 0 Å². The molecule has 3 aromatic rings. The Kier molecular flexibility index (Phi) is 3.31. The second kappa shape index (κ2) is 5.39. The van der Waals surface area contributed by atoms with Crippen LogP contribution in [0.5, 0.6) is 0 Å². The van der Waals surface area contributed by atoms with E-state index in [2.05, 4.69) is 5.32 Å². The van der Waals surface area contributed by atoms with E-state index in [1.165, 1.54) is 24.3 Å². The zero-order valence-corrected chi connectivity index (χ0v) is 14.6. The molecule has 2 aliphatic heterocycles. The van der Waals surface area contributed by atoms with Crippen molar-refractivity contribution in [3.8, 4) is 0 Å². The zero-order valence-electron chi connectivity index (χ0n) is 13.8. The van der Waals surface area contributed by atoms with E-state index < -0.39 is 15.7 Å². The fourth-order valence-corrected chi connectivity index (χ4v) is 5.06. The smallest absolute Gasteiger partial charge is 0.206 e. The van der Waals surface area contributed by atoms with Crippen molar-refractivity contribution in [3.05, 3.63) is 59.6 Å². The van der Waals surface area contributed by atoms with E-state index in [-0.39, 0.29) is 15.3 Å². The van der Waals surface area contributed by atoms with Crippen molar-refractivity contribution < 1.29 is 22.0 Å². The molecule has 3 heterocycles. The second-order valence-electron chi connectivity index (χ2n) is 6.78. The van der Waals surface area contributed by atoms with Gasteiger partial charge in [0.15, 0.2) is 0 Å². The highest BCUT2D eigenvalue weighted by molar-refractivity contribution is 7.91. The average molecular weight is 373 g/mol. The third kappa shape index (κ3) is 2.17. The van der Waals surface area contributed by atoms with Gasteiger partial charge >= 0.3 is 0 Å². The van der Waals surface area contributed by atoms with E-state index >= 15 is 0 Å². The van der Waals surface area contributed by atoms with Crippen LogP contribution in [0.4, 0.5) is 4.39 Å². The van der Waals surface area contributed by atoms with Gasteiger partial charge in [0.1, 0.15) is 22.7 Å². The number of halogens is 1. The lowest BCUT2D eigenvalue weighted by molar-refractivity contribution is -0.0911. The molecular formula is C19H16FNO4S. The Morgan fingerprint density at radius 1 is 1.08 bits per heavy atom. The predicted molar refractivity (Wildman–Crippen MR) is 92.3 cm³/mol. The largest absolute Gasteiger partial charge is 0.459 e. The molecule has 5 nitrogen and oxygen atoms in total. The number of ether oxygens (including phenoxy) is 1. The summed E-state index contributed by atoms with van der Waals surface area (Å²) in [6, 6.07) is 9.89. The third-order valence-corrected chi connectivity index (χ3v) is 6.90. The summed E-state index contributed by atoms with van der Waals surface area (Å²) in [6.07, 6.45) is 0.820. The summed E-state index contributed by atoms with van der Waals surface area (Å²) in [5.74, 6) is 0.254. The molecule has 0 aliphatic carbocycles. The second-order valence-corrected chi connectivity index (χ2v) is 8.73. The zero-order chi connectivity index (χ0) is 17.9. The van der Waals surface area contributed by atoms with Crippen molar-refractivity contribution in [2.45, 2.75) is 21.8 Å². The summed E-state index contributed by atoms with van der Waals surface area (Å²) >= 11 is 0. The first kappa shape index (κ1) is 16.0. The van der Waals surface area contributed by atoms with Gasteiger partial charge in [0, 0.05) is 23.6 Å². The van der Waals surface area contributed by atoms with Gasteiger partial charge in [-0.3, -0.25) is 0 Å². The molecule has 1 spiro atoms. The van der Waals surface area contributed by atoms with E-state index in [0.717, 1.165) is 35.7 Å². The first-order valence-electron chi connectivity index (χ1n) is 8.39. The Morgan fingerprint density at radius 3 is 2.62 bits per heavy atom. The van der Waals surface area contributed by atoms with Gasteiger partial charge in [-0.25, -0.2) is 12.8 Å². The molecule has 5 rings (SSSR count). The number of rotatable bonds is 2. The number of hydrogen-bond acceptors (Lipinski definition) is 5. The Bertz CT molecular complexity index is 1130. The van der Waals surface area contributed by atoms with Crippen LogP contribution in [-0.2, 0) is 26.5 Å². The fraction of sp³-hybridized carbons (Fsp3) is 0.263. The van der Waals surface area contributed by atoms with Crippen molar-refractivity contribution in [1.29, 1.82) is 0 Å². The van der Waals surface area contributed by atoms with E-state index in [9.17, 15) is 12.8 Å². The standard InChI is InChI=1S/C19H16FNO4S/c20-12-2-1-3-13(8-12)26(22,23)14-4-5-15-16-6-7-21-19(10-24-11-19)18(16)25-17(15)9-14/h1-5,8-9,21H,6-7,10-11H2. The van der Waals surface area contributed by atoms with Crippen LogP contribution in [-0.4, -0.2) is 28.2 Å². The highest BCUT2D eigenvalue weighted by Gasteiger charge is 2.47. The summed E-state index contributed by atoms with van der Waals surface area (Å²) in [7, 11) is -3.81. The lowest BCUT2D eigenvalue weighted by Crippen LogP contribution is -2.60. The lowest BCUT2D eigenvalue weighted by Gasteiger charge is -2.43. The Balaban J connectivity index is 1.65. The Morgan fingerprint density at radius 2 is 1.88 bits per heavy atom. The van der Waals surface area contributed by atoms with Crippen LogP contribution in [0.3, 0.4) is 0 Å². The lowest BCUT2D eigenvalue weighted by atomic mass is 9.86. The van der Waals surface area contributed by atoms with Gasteiger partial charge in [0.05, 0.1) is 23.0 Å². The van der Waals surface area contributed by atoms with E-state index in [4.69, 9.17) is 9.15 Å². The van der Waals surface area contributed by atoms with Crippen LogP contribution in [0.1, 0.15) is 11.3 Å². The van der Waals surface area contributed by atoms with Crippen molar-refractivity contribution in [1.82, 2.24) is 5.32 Å². The molecule has 0 radical (unpaired) electrons. The van der Waals surface area contributed by atoms with Gasteiger partial charge in [-0.05, 0) is 36.8 Å². The first-order chi connectivity index (χ1) is 12.5. The van der Waals surface area contributed by atoms with Crippen LogP contribution in [0.15, 0.2) is 56.7 Å². The molecule has 26 heavy (non-hydrogen) atoms. The summed E-state index contributed by atoms with van der Waals surface area (Å²) in [6.45, 7) is 1.93. The Labute approximate surface area is 149 Å². The third-order valence-electron chi connectivity index (χ3n) is 5.15. The molecule has 2 aromatic carbocycles. The van der Waals surface area contributed by atoms with Crippen molar-refractivity contribution >= 4 is 20.8 Å². The maximum absolute atomic E-state index is 13.5. The van der Waals surface area contributed by atoms with Crippen LogP contribution in [0, 0.1) is 5.82 Å². The molecule has 0 bridgehead atoms. The minimum atomic E-state index is -3.81. The molecular weight excluding hydrogens is 357 g/mol. The van der Waals surface area contributed by atoms with Crippen LogP contribution in [0.25, 0.3) is 11.0 Å². The topological polar surface area (TPSA) is 68.5 Å². The van der Waals surface area contributed by atoms with Gasteiger partial charge < -0.3 is 14.5 Å². The minimum Gasteiger partial charge on any atom is -0.459 e. The molecule has 1 fully saturated rings. The number of fused-ring (bicyclic) bond motifs is 4. The molecule has 0 unspecified atom stereocenters. The summed E-state index contributed by atoms with van der Waals surface area (Å²) < 4.78 is 50.5. The van der Waals surface area contributed by atoms with E-state index in [0.29, 0.717) is 18.8 Å². The summed E-state index contributed by atoms with van der Waals surface area (Å²) in [5, 5.41) is 4.37. The highest BCUT2D eigenvalue weighted by Crippen LogP contribution is 2.41. The normalized spacial score (nSPS) is 18.7. The summed E-state index contributed by atoms with van der Waals surface area (Å²) in [5.41, 5.74) is 1.34. The van der Waals surface area contributed by atoms with Crippen LogP contribution < -0.4 is 5.32 Å². The fourth-order valence-electron chi connectivity index (χ4n) is 3.75. The molecule has 1 aromatic heterocycles. The van der Waals surface area contributed by atoms with Crippen LogP contribution >= 0.6 is 0 Å². The van der Waals surface area contributed by atoms with E-state index in [1.807, 2.05) is 0 Å². The Hall–Kier alpha value is -2.22. The molecule has 0 amide bonds. The maximum Gasteiger partial charge on any atom is 0.206 e. The van der Waals surface area contributed by atoms with Crippen molar-refractivity contribution in [2.24, 2.45) is 0 Å². The number of furan rings is 1. The van der Waals surface area contributed by atoms with Gasteiger partial charge in [-0.1, -0.05) is 6.07 Å². The van der Waals surface area contributed by atoms with Gasteiger partial charge in [-0.2, -0.15) is 0 Å². The number of hydrogen-bond donors (Lipinski definition) is 1. The quantitative estimate of drug-likeness (QED) is 0.748. The molecule has 2 aliphatic rings. The van der Waals surface area contributed by atoms with Crippen molar-refractivity contribution in [2.75, 3.05) is 19.8 Å². The first-order valence-corrected chi connectivity index (χ1v) is 9.87. The minimum absolute atomic E-state index is 0.0706. The molecule has 0 saturated carbocycles. The highest BCUT2D eigenvalue weighted by atomic mass is 32.2. The number of sulfone groups is 1. The average Bonchev–Trinajstić information content (AvgIpc) is 2.98. The molecule has 1 saturated heterocycles. The van der Waals surface area contributed by atoms with Crippen molar-refractivity contribution in [3.63, 3.8) is 0 Å². The van der Waals surface area contributed by atoms with E-state index in [1.54, 1.807) is 12.1 Å². The van der Waals surface area contributed by atoms with Gasteiger partial charge in [0.2, 0.25) is 9.84 Å². The molecule has 134 valence electrons. The SMILES string of the molecule is O=S(=O)(c1cccc(F)c1)c1ccc2c3c(oc2c1)C1(COC1)NCC3. The number of nitrogens with one attached hydrogen (secondary N) is 1. The van der Waals surface area contributed by atoms with Gasteiger partial charge in [-0.15, -0.1) is 0 Å². The molecule has 1 N–H and O–H groups in total.